The van der Waals surface area contributed by atoms with Crippen molar-refractivity contribution < 1.29 is 14.3 Å². The third-order valence-corrected chi connectivity index (χ3v) is 3.98. The van der Waals surface area contributed by atoms with Crippen molar-refractivity contribution in [3.63, 3.8) is 0 Å². The first-order valence-corrected chi connectivity index (χ1v) is 7.69. The molecule has 0 saturated heterocycles. The number of methoxy groups -OCH3 is 2. The fourth-order valence-electron chi connectivity index (χ4n) is 1.92. The molecule has 2 rings (SSSR count). The van der Waals surface area contributed by atoms with Crippen molar-refractivity contribution in [3.05, 3.63) is 39.8 Å². The predicted molar refractivity (Wildman–Crippen MR) is 85.6 cm³/mol. The average Bonchev–Trinajstić information content (AvgIpc) is 3.01. The van der Waals surface area contributed by atoms with E-state index in [2.05, 4.69) is 10.3 Å². The molecule has 1 aromatic heterocycles. The van der Waals surface area contributed by atoms with Gasteiger partial charge < -0.3 is 20.5 Å². The van der Waals surface area contributed by atoms with Crippen LogP contribution in [0.1, 0.15) is 21.1 Å². The van der Waals surface area contributed by atoms with Crippen LogP contribution in [0.2, 0.25) is 0 Å². The summed E-state index contributed by atoms with van der Waals surface area (Å²) in [5.41, 5.74) is 6.77. The summed E-state index contributed by atoms with van der Waals surface area (Å²) in [6.45, 7) is 0.882. The SMILES string of the molecule is COc1ccc(CNC(=O)c2csc(CCN)n2)c(OC)c1. The number of nitrogens with two attached hydrogens (primary N) is 1. The van der Waals surface area contributed by atoms with Crippen molar-refractivity contribution in [1.29, 1.82) is 0 Å². The van der Waals surface area contributed by atoms with E-state index in [1.807, 2.05) is 12.1 Å². The Morgan fingerprint density at radius 3 is 2.86 bits per heavy atom. The second-order valence-electron chi connectivity index (χ2n) is 4.53. The smallest absolute Gasteiger partial charge is 0.271 e. The van der Waals surface area contributed by atoms with Crippen LogP contribution in [0, 0.1) is 0 Å². The number of hydrogen-bond donors (Lipinski definition) is 2. The first kappa shape index (κ1) is 16.3. The number of aromatic nitrogens is 1. The predicted octanol–water partition coefficient (Wildman–Crippen LogP) is 1.59. The van der Waals surface area contributed by atoms with Crippen LogP contribution in [0.4, 0.5) is 0 Å². The zero-order chi connectivity index (χ0) is 15.9. The van der Waals surface area contributed by atoms with E-state index < -0.39 is 0 Å². The minimum atomic E-state index is -0.211. The number of nitrogens with one attached hydrogen (secondary N) is 1. The van der Waals surface area contributed by atoms with E-state index in [1.165, 1.54) is 11.3 Å². The number of carbonyl (C=O) groups excluding carboxylic acids is 1. The Kier molecular flexibility index (Phi) is 5.74. The zero-order valence-corrected chi connectivity index (χ0v) is 13.4. The summed E-state index contributed by atoms with van der Waals surface area (Å²) in [6.07, 6.45) is 0.685. The van der Waals surface area contributed by atoms with Crippen molar-refractivity contribution >= 4 is 17.2 Å². The molecule has 0 unspecified atom stereocenters. The van der Waals surface area contributed by atoms with Gasteiger partial charge in [-0.15, -0.1) is 11.3 Å². The Morgan fingerprint density at radius 2 is 2.18 bits per heavy atom. The third kappa shape index (κ3) is 3.96. The summed E-state index contributed by atoms with van der Waals surface area (Å²) in [5.74, 6) is 1.16. The largest absolute Gasteiger partial charge is 0.497 e. The molecule has 0 fully saturated rings. The van der Waals surface area contributed by atoms with E-state index in [0.29, 0.717) is 36.7 Å². The van der Waals surface area contributed by atoms with Gasteiger partial charge in [0.15, 0.2) is 0 Å². The number of nitrogens with zero attached hydrogens (tertiary/aromatic N) is 1. The second-order valence-corrected chi connectivity index (χ2v) is 5.47. The van der Waals surface area contributed by atoms with Gasteiger partial charge in [0.05, 0.1) is 19.2 Å². The Hall–Kier alpha value is -2.12. The minimum Gasteiger partial charge on any atom is -0.497 e. The molecule has 0 aliphatic rings. The van der Waals surface area contributed by atoms with Gasteiger partial charge >= 0.3 is 0 Å². The van der Waals surface area contributed by atoms with Crippen LogP contribution in [0.3, 0.4) is 0 Å². The molecule has 0 radical (unpaired) electrons. The lowest BCUT2D eigenvalue weighted by Crippen LogP contribution is -2.23. The molecular weight excluding hydrogens is 302 g/mol. The number of benzene rings is 1. The van der Waals surface area contributed by atoms with Gasteiger partial charge in [0, 0.05) is 30.0 Å². The molecule has 118 valence electrons. The van der Waals surface area contributed by atoms with Crippen molar-refractivity contribution in [2.45, 2.75) is 13.0 Å². The molecule has 0 spiro atoms. The maximum absolute atomic E-state index is 12.1. The van der Waals surface area contributed by atoms with Crippen LogP contribution in [-0.2, 0) is 13.0 Å². The fourth-order valence-corrected chi connectivity index (χ4v) is 2.71. The van der Waals surface area contributed by atoms with Crippen molar-refractivity contribution in [2.24, 2.45) is 5.73 Å². The highest BCUT2D eigenvalue weighted by atomic mass is 32.1. The third-order valence-electron chi connectivity index (χ3n) is 3.08. The topological polar surface area (TPSA) is 86.5 Å². The number of ether oxygens (including phenoxy) is 2. The molecule has 1 heterocycles. The van der Waals surface area contributed by atoms with Gasteiger partial charge in [-0.1, -0.05) is 0 Å². The lowest BCUT2D eigenvalue weighted by molar-refractivity contribution is 0.0946. The lowest BCUT2D eigenvalue weighted by Gasteiger charge is -2.10. The van der Waals surface area contributed by atoms with E-state index in [4.69, 9.17) is 15.2 Å². The Bertz CT molecular complexity index is 643. The minimum absolute atomic E-state index is 0.211. The van der Waals surface area contributed by atoms with E-state index in [1.54, 1.807) is 25.7 Å². The lowest BCUT2D eigenvalue weighted by atomic mass is 10.2. The molecule has 0 aliphatic carbocycles. The van der Waals surface area contributed by atoms with Crippen LogP contribution in [0.15, 0.2) is 23.6 Å². The number of carbonyl (C=O) groups is 1. The summed E-state index contributed by atoms with van der Waals surface area (Å²) in [5, 5.41) is 5.45. The van der Waals surface area contributed by atoms with Crippen LogP contribution in [0.25, 0.3) is 0 Å². The molecule has 3 N–H and O–H groups in total. The molecule has 22 heavy (non-hydrogen) atoms. The maximum atomic E-state index is 12.1. The monoisotopic (exact) mass is 321 g/mol. The second kappa shape index (κ2) is 7.77. The average molecular weight is 321 g/mol. The highest BCUT2D eigenvalue weighted by molar-refractivity contribution is 7.09. The van der Waals surface area contributed by atoms with E-state index in [-0.39, 0.29) is 5.91 Å². The highest BCUT2D eigenvalue weighted by Crippen LogP contribution is 2.24. The first-order valence-electron chi connectivity index (χ1n) is 6.81. The van der Waals surface area contributed by atoms with E-state index in [0.717, 1.165) is 10.6 Å². The Balaban J connectivity index is 2.01. The molecule has 1 aromatic carbocycles. The quantitative estimate of drug-likeness (QED) is 0.809. The summed E-state index contributed by atoms with van der Waals surface area (Å²) >= 11 is 1.44. The summed E-state index contributed by atoms with van der Waals surface area (Å²) in [4.78, 5) is 16.4. The standard InChI is InChI=1S/C15H19N3O3S/c1-20-11-4-3-10(13(7-11)21-2)8-17-15(19)12-9-22-14(18-12)5-6-16/h3-4,7,9H,5-6,8,16H2,1-2H3,(H,17,19). The molecule has 0 aliphatic heterocycles. The van der Waals surface area contributed by atoms with Gasteiger partial charge in [-0.2, -0.15) is 0 Å². The normalized spacial score (nSPS) is 10.3. The van der Waals surface area contributed by atoms with Gasteiger partial charge in [0.25, 0.3) is 5.91 Å². The molecule has 0 bridgehead atoms. The zero-order valence-electron chi connectivity index (χ0n) is 12.6. The van der Waals surface area contributed by atoms with Crippen LogP contribution < -0.4 is 20.5 Å². The number of rotatable bonds is 7. The van der Waals surface area contributed by atoms with Gasteiger partial charge in [0.1, 0.15) is 17.2 Å². The molecule has 7 heteroatoms. The van der Waals surface area contributed by atoms with Gasteiger partial charge in [-0.25, -0.2) is 4.98 Å². The van der Waals surface area contributed by atoms with E-state index >= 15 is 0 Å². The molecule has 0 saturated carbocycles. The number of hydrogen-bond acceptors (Lipinski definition) is 6. The maximum Gasteiger partial charge on any atom is 0.271 e. The van der Waals surface area contributed by atoms with Gasteiger partial charge in [0.2, 0.25) is 0 Å². The molecule has 6 nitrogen and oxygen atoms in total. The number of thiazole rings is 1. The summed E-state index contributed by atoms with van der Waals surface area (Å²) in [6, 6.07) is 5.47. The Labute approximate surface area is 133 Å². The van der Waals surface area contributed by atoms with E-state index in [9.17, 15) is 4.79 Å². The highest BCUT2D eigenvalue weighted by Gasteiger charge is 2.12. The fraction of sp³-hybridized carbons (Fsp3) is 0.333. The van der Waals surface area contributed by atoms with Crippen molar-refractivity contribution in [1.82, 2.24) is 10.3 Å². The van der Waals surface area contributed by atoms with Crippen LogP contribution in [0.5, 0.6) is 11.5 Å². The first-order chi connectivity index (χ1) is 10.7. The summed E-state index contributed by atoms with van der Waals surface area (Å²) in [7, 11) is 3.18. The Morgan fingerprint density at radius 1 is 1.36 bits per heavy atom. The molecule has 0 atom stereocenters. The van der Waals surface area contributed by atoms with Crippen molar-refractivity contribution in [2.75, 3.05) is 20.8 Å². The molecular formula is C15H19N3O3S. The molecule has 2 aromatic rings. The van der Waals surface area contributed by atoms with Gasteiger partial charge in [-0.3, -0.25) is 4.79 Å². The van der Waals surface area contributed by atoms with Gasteiger partial charge in [-0.05, 0) is 18.7 Å². The van der Waals surface area contributed by atoms with Crippen LogP contribution >= 0.6 is 11.3 Å². The summed E-state index contributed by atoms with van der Waals surface area (Å²) < 4.78 is 10.4. The molecule has 1 amide bonds. The van der Waals surface area contributed by atoms with Crippen LogP contribution in [-0.4, -0.2) is 31.7 Å². The number of amides is 1. The van der Waals surface area contributed by atoms with Crippen molar-refractivity contribution in [3.8, 4) is 11.5 Å².